The zero-order valence-corrected chi connectivity index (χ0v) is 21.7. The Balaban J connectivity index is 0.00000450. The number of carbonyl (C=O) groups is 1. The largest absolute Gasteiger partial charge is 0.444 e. The van der Waals surface area contributed by atoms with Crippen LogP contribution in [0.15, 0.2) is 17.4 Å². The number of guanidine groups is 1. The van der Waals surface area contributed by atoms with Crippen molar-refractivity contribution in [3.63, 3.8) is 0 Å². The van der Waals surface area contributed by atoms with Crippen molar-refractivity contribution in [3.05, 3.63) is 18.0 Å². The zero-order chi connectivity index (χ0) is 21.8. The first-order valence-electron chi connectivity index (χ1n) is 10.1. The van der Waals surface area contributed by atoms with Crippen molar-refractivity contribution in [2.45, 2.75) is 78.5 Å². The summed E-state index contributed by atoms with van der Waals surface area (Å²) < 4.78 is 13.5. The van der Waals surface area contributed by atoms with E-state index in [2.05, 4.69) is 20.7 Å². The van der Waals surface area contributed by atoms with Crippen molar-refractivity contribution in [1.29, 1.82) is 0 Å². The maximum absolute atomic E-state index is 12.8. The van der Waals surface area contributed by atoms with Gasteiger partial charge in [0.15, 0.2) is 5.96 Å². The molecular formula is C20H37IN6O3. The van der Waals surface area contributed by atoms with Crippen LogP contribution in [0.4, 0.5) is 4.79 Å². The molecule has 2 rings (SSSR count). The van der Waals surface area contributed by atoms with Crippen LogP contribution >= 0.6 is 24.0 Å². The molecule has 0 saturated carbocycles. The van der Waals surface area contributed by atoms with Crippen molar-refractivity contribution >= 4 is 36.0 Å². The van der Waals surface area contributed by atoms with Crippen molar-refractivity contribution < 1.29 is 14.3 Å². The van der Waals surface area contributed by atoms with Crippen LogP contribution in [-0.2, 0) is 16.0 Å². The number of aromatic nitrogens is 2. The number of halogens is 1. The first-order valence-corrected chi connectivity index (χ1v) is 10.1. The lowest BCUT2D eigenvalue weighted by Crippen LogP contribution is -2.54. The number of ether oxygens (including phenoxy) is 2. The Bertz CT molecular complexity index is 728. The molecule has 0 aliphatic carbocycles. The highest BCUT2D eigenvalue weighted by Crippen LogP contribution is 2.33. The van der Waals surface area contributed by atoms with Gasteiger partial charge in [0.1, 0.15) is 11.3 Å². The van der Waals surface area contributed by atoms with Gasteiger partial charge in [-0.05, 0) is 54.0 Å². The molecule has 0 radical (unpaired) electrons. The number of amides is 1. The Kier molecular flexibility index (Phi) is 9.40. The summed E-state index contributed by atoms with van der Waals surface area (Å²) in [5.74, 6) is 0.662. The second-order valence-corrected chi connectivity index (χ2v) is 8.85. The molecule has 0 spiro atoms. The van der Waals surface area contributed by atoms with E-state index in [1.54, 1.807) is 11.9 Å². The predicted octanol–water partition coefficient (Wildman–Crippen LogP) is 2.74. The quantitative estimate of drug-likeness (QED) is 0.342. The van der Waals surface area contributed by atoms with E-state index in [0.29, 0.717) is 19.0 Å². The predicted molar refractivity (Wildman–Crippen MR) is 128 cm³/mol. The lowest BCUT2D eigenvalue weighted by molar-refractivity contribution is -0.0755. The first-order chi connectivity index (χ1) is 13.4. The van der Waals surface area contributed by atoms with Crippen LogP contribution in [0.1, 0.15) is 47.1 Å². The van der Waals surface area contributed by atoms with Crippen molar-refractivity contribution in [2.75, 3.05) is 20.1 Å². The van der Waals surface area contributed by atoms with E-state index in [4.69, 9.17) is 9.47 Å². The molecule has 10 heteroatoms. The maximum atomic E-state index is 12.8. The van der Waals surface area contributed by atoms with Crippen LogP contribution in [0.5, 0.6) is 0 Å². The lowest BCUT2D eigenvalue weighted by Gasteiger charge is -2.35. The average molecular weight is 536 g/mol. The standard InChI is InChI=1S/C20H36N6O3.HI/c1-14-11-24-25(13-14)10-9-22-17(21-8)23-12-16-15(2)28-20(6,7)26(16)18(27)29-19(3,4)5;/h11,13,15-16H,9-10,12H2,1-8H3,(H2,21,22,23);1H. The molecule has 0 aromatic carbocycles. The number of nitrogens with one attached hydrogen (secondary N) is 2. The third kappa shape index (κ3) is 7.29. The highest BCUT2D eigenvalue weighted by atomic mass is 127. The summed E-state index contributed by atoms with van der Waals surface area (Å²) in [6.07, 6.45) is 3.31. The van der Waals surface area contributed by atoms with Gasteiger partial charge < -0.3 is 20.1 Å². The molecule has 30 heavy (non-hydrogen) atoms. The van der Waals surface area contributed by atoms with E-state index >= 15 is 0 Å². The Labute approximate surface area is 197 Å². The van der Waals surface area contributed by atoms with Gasteiger partial charge >= 0.3 is 6.09 Å². The van der Waals surface area contributed by atoms with Crippen LogP contribution in [0, 0.1) is 6.92 Å². The maximum Gasteiger partial charge on any atom is 0.412 e. The van der Waals surface area contributed by atoms with Crippen molar-refractivity contribution in [1.82, 2.24) is 25.3 Å². The molecule has 1 fully saturated rings. The molecule has 1 aromatic heterocycles. The number of hydrogen-bond acceptors (Lipinski definition) is 5. The van der Waals surface area contributed by atoms with Gasteiger partial charge in [-0.15, -0.1) is 24.0 Å². The highest BCUT2D eigenvalue weighted by molar-refractivity contribution is 14.0. The Morgan fingerprint density at radius 1 is 1.37 bits per heavy atom. The van der Waals surface area contributed by atoms with Crippen LogP contribution in [0.25, 0.3) is 0 Å². The summed E-state index contributed by atoms with van der Waals surface area (Å²) in [6, 6.07) is -0.188. The number of aryl methyl sites for hydroxylation is 1. The molecule has 2 N–H and O–H groups in total. The summed E-state index contributed by atoms with van der Waals surface area (Å²) >= 11 is 0. The topological polar surface area (TPSA) is 93.0 Å². The van der Waals surface area contributed by atoms with E-state index < -0.39 is 11.3 Å². The minimum atomic E-state index is -0.747. The van der Waals surface area contributed by atoms with E-state index in [9.17, 15) is 4.79 Å². The third-order valence-corrected chi connectivity index (χ3v) is 4.62. The van der Waals surface area contributed by atoms with Crippen molar-refractivity contribution in [2.24, 2.45) is 4.99 Å². The smallest absolute Gasteiger partial charge is 0.412 e. The number of carbonyl (C=O) groups excluding carboxylic acids is 1. The minimum Gasteiger partial charge on any atom is -0.444 e. The summed E-state index contributed by atoms with van der Waals surface area (Å²) in [7, 11) is 1.72. The summed E-state index contributed by atoms with van der Waals surface area (Å²) in [4.78, 5) is 18.8. The summed E-state index contributed by atoms with van der Waals surface area (Å²) in [5.41, 5.74) is -0.185. The first kappa shape index (κ1) is 26.5. The zero-order valence-electron chi connectivity index (χ0n) is 19.4. The van der Waals surface area contributed by atoms with Gasteiger partial charge in [-0.1, -0.05) is 0 Å². The van der Waals surface area contributed by atoms with Gasteiger partial charge in [-0.25, -0.2) is 4.79 Å². The molecule has 2 atom stereocenters. The SMILES string of the molecule is CN=C(NCCn1cc(C)cn1)NCC1C(C)OC(C)(C)N1C(=O)OC(C)(C)C.I. The Morgan fingerprint density at radius 2 is 2.03 bits per heavy atom. The fraction of sp³-hybridized carbons (Fsp3) is 0.750. The second-order valence-electron chi connectivity index (χ2n) is 8.85. The van der Waals surface area contributed by atoms with Gasteiger partial charge in [0.2, 0.25) is 0 Å². The van der Waals surface area contributed by atoms with E-state index in [1.807, 2.05) is 65.5 Å². The molecule has 1 aliphatic rings. The van der Waals surface area contributed by atoms with Crippen LogP contribution in [0.3, 0.4) is 0 Å². The summed E-state index contributed by atoms with van der Waals surface area (Å²) in [5, 5.41) is 10.8. The van der Waals surface area contributed by atoms with Crippen molar-refractivity contribution in [3.8, 4) is 0 Å². The highest BCUT2D eigenvalue weighted by Gasteiger charge is 2.49. The normalized spacial score (nSPS) is 21.2. The van der Waals surface area contributed by atoms with Gasteiger partial charge in [0, 0.05) is 26.3 Å². The van der Waals surface area contributed by atoms with Crippen LogP contribution < -0.4 is 10.6 Å². The molecule has 0 bridgehead atoms. The van der Waals surface area contributed by atoms with Gasteiger partial charge in [0.05, 0.1) is 24.9 Å². The molecule has 9 nitrogen and oxygen atoms in total. The molecule has 1 aromatic rings. The third-order valence-electron chi connectivity index (χ3n) is 4.62. The molecule has 1 saturated heterocycles. The molecule has 1 amide bonds. The number of aliphatic imine (C=N–C) groups is 1. The number of hydrogen-bond donors (Lipinski definition) is 2. The van der Waals surface area contributed by atoms with E-state index in [-0.39, 0.29) is 42.2 Å². The fourth-order valence-electron chi connectivity index (χ4n) is 3.42. The monoisotopic (exact) mass is 536 g/mol. The number of nitrogens with zero attached hydrogens (tertiary/aromatic N) is 4. The molecule has 172 valence electrons. The average Bonchev–Trinajstić information content (AvgIpc) is 3.08. The van der Waals surface area contributed by atoms with Crippen LogP contribution in [0.2, 0.25) is 0 Å². The fourth-order valence-corrected chi connectivity index (χ4v) is 3.42. The van der Waals surface area contributed by atoms with E-state index in [0.717, 1.165) is 12.1 Å². The lowest BCUT2D eigenvalue weighted by atomic mass is 10.1. The minimum absolute atomic E-state index is 0. The molecular weight excluding hydrogens is 499 g/mol. The van der Waals surface area contributed by atoms with Gasteiger partial charge in [0.25, 0.3) is 0 Å². The van der Waals surface area contributed by atoms with Gasteiger partial charge in [-0.3, -0.25) is 14.6 Å². The van der Waals surface area contributed by atoms with Gasteiger partial charge in [-0.2, -0.15) is 5.10 Å². The molecule has 2 heterocycles. The van der Waals surface area contributed by atoms with Crippen LogP contribution in [-0.4, -0.2) is 70.3 Å². The molecule has 1 aliphatic heterocycles. The summed E-state index contributed by atoms with van der Waals surface area (Å²) in [6.45, 7) is 15.2. The second kappa shape index (κ2) is 10.7. The number of rotatable bonds is 5. The molecule has 2 unspecified atom stereocenters. The van der Waals surface area contributed by atoms with E-state index in [1.165, 1.54) is 0 Å². The Morgan fingerprint density at radius 3 is 2.57 bits per heavy atom. The Hall–Kier alpha value is -1.56.